The van der Waals surface area contributed by atoms with Gasteiger partial charge in [-0.15, -0.1) is 0 Å². The summed E-state index contributed by atoms with van der Waals surface area (Å²) in [5.74, 6) is -0.674. The van der Waals surface area contributed by atoms with Crippen molar-refractivity contribution >= 4 is 22.9 Å². The minimum absolute atomic E-state index is 0.00355. The van der Waals surface area contributed by atoms with Crippen LogP contribution in [0.4, 0.5) is 0 Å². The lowest BCUT2D eigenvalue weighted by Crippen LogP contribution is -2.61. The Kier molecular flexibility index (Phi) is 5.50. The number of carbonyl (C=O) groups is 2. The zero-order chi connectivity index (χ0) is 22.1. The van der Waals surface area contributed by atoms with Gasteiger partial charge in [-0.05, 0) is 17.7 Å². The van der Waals surface area contributed by atoms with Gasteiger partial charge in [0.25, 0.3) is 0 Å². The molecule has 1 aromatic heterocycles. The quantitative estimate of drug-likeness (QED) is 0.631. The minimum atomic E-state index is -0.525. The first-order valence-electron chi connectivity index (χ1n) is 10.8. The van der Waals surface area contributed by atoms with E-state index in [1.807, 2.05) is 24.3 Å². The molecule has 2 atom stereocenters. The Bertz CT molecular complexity index is 1180. The molecule has 0 saturated carbocycles. The maximum Gasteiger partial charge on any atom is 0.420 e. The van der Waals surface area contributed by atoms with E-state index in [9.17, 15) is 14.4 Å². The molecule has 0 spiro atoms. The lowest BCUT2D eigenvalue weighted by molar-refractivity contribution is -0.135. The first-order valence-corrected chi connectivity index (χ1v) is 10.8. The van der Waals surface area contributed by atoms with E-state index in [2.05, 4.69) is 27.9 Å². The van der Waals surface area contributed by atoms with Gasteiger partial charge in [0, 0.05) is 38.6 Å². The molecule has 9 nitrogen and oxygen atoms in total. The Morgan fingerprint density at radius 2 is 1.69 bits per heavy atom. The van der Waals surface area contributed by atoms with Crippen molar-refractivity contribution in [1.82, 2.24) is 25.2 Å². The van der Waals surface area contributed by atoms with E-state index in [1.165, 1.54) is 4.57 Å². The summed E-state index contributed by atoms with van der Waals surface area (Å²) in [6, 6.07) is 17.1. The first-order chi connectivity index (χ1) is 15.6. The number of hydrogen-bond donors (Lipinski definition) is 2. The fraction of sp³-hybridized carbons (Fsp3) is 0.348. The van der Waals surface area contributed by atoms with Gasteiger partial charge in [0.15, 0.2) is 5.58 Å². The molecule has 2 N–H and O–H groups in total. The summed E-state index contributed by atoms with van der Waals surface area (Å²) in [6.45, 7) is 2.37. The van der Waals surface area contributed by atoms with Crippen LogP contribution in [-0.2, 0) is 16.1 Å². The van der Waals surface area contributed by atoms with Gasteiger partial charge in [0.1, 0.15) is 6.54 Å². The molecule has 5 rings (SSSR count). The average molecular weight is 435 g/mol. The smallest absolute Gasteiger partial charge is 0.408 e. The van der Waals surface area contributed by atoms with Gasteiger partial charge in [0.2, 0.25) is 11.8 Å². The Morgan fingerprint density at radius 1 is 0.969 bits per heavy atom. The molecule has 2 aliphatic heterocycles. The standard InChI is InChI=1S/C23H25N5O4/c29-20-14-18(22(25-24-20)16-6-2-1-3-7-16)26-10-12-27(13-11-26)21(30)15-28-17-8-4-5-9-19(17)32-23(28)31/h1-9,18,22,25H,10-15H2,(H,24,29). The molecule has 166 valence electrons. The summed E-state index contributed by atoms with van der Waals surface area (Å²) in [5, 5.41) is 0. The highest BCUT2D eigenvalue weighted by Crippen LogP contribution is 2.26. The van der Waals surface area contributed by atoms with Crippen LogP contribution in [0.25, 0.3) is 11.1 Å². The molecule has 2 fully saturated rings. The van der Waals surface area contributed by atoms with Gasteiger partial charge in [-0.25, -0.2) is 10.2 Å². The van der Waals surface area contributed by atoms with E-state index in [0.29, 0.717) is 43.7 Å². The van der Waals surface area contributed by atoms with Crippen molar-refractivity contribution in [3.63, 3.8) is 0 Å². The molecular formula is C23H25N5O4. The molecule has 2 aromatic carbocycles. The molecule has 3 heterocycles. The minimum Gasteiger partial charge on any atom is -0.408 e. The van der Waals surface area contributed by atoms with Crippen LogP contribution in [0.3, 0.4) is 0 Å². The third-order valence-corrected chi connectivity index (χ3v) is 6.31. The number of amides is 2. The highest BCUT2D eigenvalue weighted by Gasteiger charge is 2.36. The Hall–Kier alpha value is -3.43. The molecule has 2 amide bonds. The van der Waals surface area contributed by atoms with Crippen LogP contribution in [-0.4, -0.2) is 58.4 Å². The van der Waals surface area contributed by atoms with Crippen LogP contribution in [0, 0.1) is 0 Å². The van der Waals surface area contributed by atoms with Crippen LogP contribution in [0.15, 0.2) is 63.8 Å². The van der Waals surface area contributed by atoms with Crippen molar-refractivity contribution < 1.29 is 14.0 Å². The lowest BCUT2D eigenvalue weighted by Gasteiger charge is -2.44. The van der Waals surface area contributed by atoms with Crippen molar-refractivity contribution in [2.75, 3.05) is 26.2 Å². The van der Waals surface area contributed by atoms with Crippen LogP contribution < -0.4 is 16.6 Å². The molecular weight excluding hydrogens is 410 g/mol. The normalized spacial score (nSPS) is 22.1. The maximum atomic E-state index is 12.9. The van der Waals surface area contributed by atoms with Crippen molar-refractivity contribution in [3.8, 4) is 0 Å². The van der Waals surface area contributed by atoms with E-state index in [-0.39, 0.29) is 30.4 Å². The average Bonchev–Trinajstić information content (AvgIpc) is 3.14. The summed E-state index contributed by atoms with van der Waals surface area (Å²) in [7, 11) is 0. The second-order valence-electron chi connectivity index (χ2n) is 8.19. The Morgan fingerprint density at radius 3 is 2.47 bits per heavy atom. The number of hydrogen-bond acceptors (Lipinski definition) is 6. The summed E-state index contributed by atoms with van der Waals surface area (Å²) >= 11 is 0. The third-order valence-electron chi connectivity index (χ3n) is 6.31. The van der Waals surface area contributed by atoms with E-state index >= 15 is 0 Å². The molecule has 0 aliphatic carbocycles. The number of nitrogens with zero attached hydrogens (tertiary/aromatic N) is 3. The predicted molar refractivity (Wildman–Crippen MR) is 117 cm³/mol. The molecule has 2 unspecified atom stereocenters. The highest BCUT2D eigenvalue weighted by molar-refractivity contribution is 5.80. The van der Waals surface area contributed by atoms with Crippen molar-refractivity contribution in [2.24, 2.45) is 0 Å². The monoisotopic (exact) mass is 435 g/mol. The Labute approximate surface area is 184 Å². The van der Waals surface area contributed by atoms with Gasteiger partial charge in [-0.3, -0.25) is 24.5 Å². The summed E-state index contributed by atoms with van der Waals surface area (Å²) in [6.07, 6.45) is 0.400. The first kappa shape index (κ1) is 20.5. The third kappa shape index (κ3) is 3.92. The fourth-order valence-corrected chi connectivity index (χ4v) is 4.62. The number of rotatable bonds is 4. The van der Waals surface area contributed by atoms with Gasteiger partial charge in [0.05, 0.1) is 11.6 Å². The number of para-hydroxylation sites is 2. The SMILES string of the molecule is O=C1CC(N2CCN(C(=O)Cn3c(=O)oc4ccccc43)CC2)C(c2ccccc2)NN1. The predicted octanol–water partition coefficient (Wildman–Crippen LogP) is 0.873. The molecule has 3 aromatic rings. The van der Waals surface area contributed by atoms with Crippen LogP contribution in [0.1, 0.15) is 18.0 Å². The summed E-state index contributed by atoms with van der Waals surface area (Å²) in [4.78, 5) is 41.2. The zero-order valence-corrected chi connectivity index (χ0v) is 17.6. The van der Waals surface area contributed by atoms with Gasteiger partial charge < -0.3 is 9.32 Å². The van der Waals surface area contributed by atoms with Crippen LogP contribution in [0.2, 0.25) is 0 Å². The van der Waals surface area contributed by atoms with Gasteiger partial charge >= 0.3 is 5.76 Å². The fourth-order valence-electron chi connectivity index (χ4n) is 4.62. The van der Waals surface area contributed by atoms with E-state index < -0.39 is 5.76 Å². The van der Waals surface area contributed by atoms with Gasteiger partial charge in [-0.2, -0.15) is 0 Å². The number of carbonyl (C=O) groups excluding carboxylic acids is 2. The molecule has 32 heavy (non-hydrogen) atoms. The summed E-state index contributed by atoms with van der Waals surface area (Å²) in [5.41, 5.74) is 8.11. The van der Waals surface area contributed by atoms with Crippen LogP contribution in [0.5, 0.6) is 0 Å². The summed E-state index contributed by atoms with van der Waals surface area (Å²) < 4.78 is 6.61. The Balaban J connectivity index is 1.26. The molecule has 9 heteroatoms. The molecule has 2 saturated heterocycles. The molecule has 0 radical (unpaired) electrons. The van der Waals surface area contributed by atoms with Crippen molar-refractivity contribution in [1.29, 1.82) is 0 Å². The number of piperazine rings is 1. The number of nitrogens with one attached hydrogen (secondary N) is 2. The number of aromatic nitrogens is 1. The number of oxazole rings is 1. The number of fused-ring (bicyclic) bond motifs is 1. The largest absolute Gasteiger partial charge is 0.420 e. The molecule has 2 aliphatic rings. The van der Waals surface area contributed by atoms with Gasteiger partial charge in [-0.1, -0.05) is 42.5 Å². The number of benzene rings is 2. The maximum absolute atomic E-state index is 12.9. The van der Waals surface area contributed by atoms with E-state index in [4.69, 9.17) is 4.42 Å². The second-order valence-corrected chi connectivity index (χ2v) is 8.19. The van der Waals surface area contributed by atoms with E-state index in [0.717, 1.165) is 5.56 Å². The highest BCUT2D eigenvalue weighted by atomic mass is 16.4. The zero-order valence-electron chi connectivity index (χ0n) is 17.6. The van der Waals surface area contributed by atoms with Crippen LogP contribution >= 0.6 is 0 Å². The topological polar surface area (TPSA) is 99.8 Å². The van der Waals surface area contributed by atoms with E-state index in [1.54, 1.807) is 23.1 Å². The van der Waals surface area contributed by atoms with Crippen molar-refractivity contribution in [2.45, 2.75) is 25.0 Å². The second kappa shape index (κ2) is 8.60. The number of hydrazine groups is 1. The molecule has 0 bridgehead atoms. The lowest BCUT2D eigenvalue weighted by atomic mass is 9.93. The van der Waals surface area contributed by atoms with Crippen molar-refractivity contribution in [3.05, 3.63) is 70.7 Å².